The number of hydrogen-bond acceptors (Lipinski definition) is 5. The summed E-state index contributed by atoms with van der Waals surface area (Å²) in [6, 6.07) is 14.4. The van der Waals surface area contributed by atoms with Gasteiger partial charge in [0.15, 0.2) is 0 Å². The summed E-state index contributed by atoms with van der Waals surface area (Å²) in [5, 5.41) is 10.3. The molecule has 0 aliphatic heterocycles. The summed E-state index contributed by atoms with van der Waals surface area (Å²) in [5.74, 6) is -0.691. The molecule has 8 heteroatoms. The number of halogens is 1. The van der Waals surface area contributed by atoms with Crippen LogP contribution in [-0.4, -0.2) is 37.2 Å². The van der Waals surface area contributed by atoms with E-state index >= 15 is 0 Å². The number of carbonyl (C=O) groups is 1. The van der Waals surface area contributed by atoms with Crippen LogP contribution in [-0.2, 0) is 10.0 Å². The van der Waals surface area contributed by atoms with E-state index in [0.717, 1.165) is 9.54 Å². The van der Waals surface area contributed by atoms with Crippen LogP contribution in [0.15, 0.2) is 65.2 Å². The van der Waals surface area contributed by atoms with Crippen LogP contribution in [0.3, 0.4) is 0 Å². The Morgan fingerprint density at radius 1 is 1.14 bits per heavy atom. The van der Waals surface area contributed by atoms with Gasteiger partial charge < -0.3 is 4.90 Å². The Morgan fingerprint density at radius 2 is 1.79 bits per heavy atom. The average molecular weight is 428 g/mol. The molecule has 3 aromatic rings. The Morgan fingerprint density at radius 3 is 2.38 bits per heavy atom. The number of rotatable bonds is 5. The lowest BCUT2D eigenvalue weighted by Crippen LogP contribution is -2.20. The molecule has 6 nitrogen and oxygen atoms in total. The molecule has 2 aromatic carbocycles. The van der Waals surface area contributed by atoms with Crippen molar-refractivity contribution in [1.82, 2.24) is 8.87 Å². The number of aromatic nitrogens is 1. The number of nitrogens with zero attached hydrogens (tertiary/aromatic N) is 3. The molecule has 0 unspecified atom stereocenters. The number of fused-ring (bicyclic) bond motifs is 1. The average Bonchev–Trinajstić information content (AvgIpc) is 3.05. The number of Topliss-reactive ketones (excluding diaryl/α,β-unsaturated/α-hetero) is 1. The zero-order chi connectivity index (χ0) is 21.3. The third kappa shape index (κ3) is 3.90. The first-order valence-electron chi connectivity index (χ1n) is 8.61. The van der Waals surface area contributed by atoms with E-state index in [0.29, 0.717) is 10.4 Å². The largest absolute Gasteiger partial charge is 0.382 e. The van der Waals surface area contributed by atoms with E-state index in [1.165, 1.54) is 30.5 Å². The van der Waals surface area contributed by atoms with Gasteiger partial charge in [-0.25, -0.2) is 12.4 Å². The zero-order valence-electron chi connectivity index (χ0n) is 16.0. The second-order valence-corrected chi connectivity index (χ2v) is 8.99. The van der Waals surface area contributed by atoms with Crippen LogP contribution in [0.25, 0.3) is 10.9 Å². The van der Waals surface area contributed by atoms with E-state index in [1.54, 1.807) is 43.3 Å². The van der Waals surface area contributed by atoms with Crippen LogP contribution in [0, 0.1) is 18.3 Å². The third-order valence-electron chi connectivity index (χ3n) is 4.27. The van der Waals surface area contributed by atoms with Crippen molar-refractivity contribution in [2.24, 2.45) is 0 Å². The smallest absolute Gasteiger partial charge is 0.268 e. The van der Waals surface area contributed by atoms with Crippen LogP contribution in [0.1, 0.15) is 16.1 Å². The third-order valence-corrected chi connectivity index (χ3v) is 6.24. The molecule has 0 saturated carbocycles. The highest BCUT2D eigenvalue weighted by atomic mass is 35.5. The van der Waals surface area contributed by atoms with Gasteiger partial charge in [-0.1, -0.05) is 35.4 Å². The standard InChI is InChI=1S/C21H18ClN3O3S/c1-14-4-8-18(9-5-14)29(27,28)25-19-11-17(22)7-6-15(19)10-20(25)21(26)16(12-23)13-24(2)3/h4-11,13H,1-3H3. The number of benzene rings is 2. The van der Waals surface area contributed by atoms with Crippen LogP contribution < -0.4 is 0 Å². The van der Waals surface area contributed by atoms with E-state index in [4.69, 9.17) is 11.6 Å². The monoisotopic (exact) mass is 427 g/mol. The Balaban J connectivity index is 2.34. The van der Waals surface area contributed by atoms with Crippen LogP contribution in [0.4, 0.5) is 0 Å². The molecule has 0 saturated heterocycles. The van der Waals surface area contributed by atoms with Gasteiger partial charge in [0.2, 0.25) is 5.78 Å². The zero-order valence-corrected chi connectivity index (χ0v) is 17.6. The normalized spacial score (nSPS) is 12.0. The highest BCUT2D eigenvalue weighted by Gasteiger charge is 2.28. The van der Waals surface area contributed by atoms with Crippen molar-refractivity contribution in [2.45, 2.75) is 11.8 Å². The van der Waals surface area contributed by atoms with Gasteiger partial charge in [-0.05, 0) is 37.3 Å². The molecule has 0 radical (unpaired) electrons. The predicted molar refractivity (Wildman–Crippen MR) is 112 cm³/mol. The minimum atomic E-state index is -4.11. The summed E-state index contributed by atoms with van der Waals surface area (Å²) < 4.78 is 27.8. The molecule has 0 fully saturated rings. The fraction of sp³-hybridized carbons (Fsp3) is 0.143. The van der Waals surface area contributed by atoms with E-state index in [1.807, 2.05) is 13.0 Å². The lowest BCUT2D eigenvalue weighted by atomic mass is 10.1. The molecule has 0 aliphatic carbocycles. The Hall–Kier alpha value is -3.08. The number of carbonyl (C=O) groups excluding carboxylic acids is 1. The van der Waals surface area contributed by atoms with Crippen molar-refractivity contribution in [3.8, 4) is 6.07 Å². The fourth-order valence-electron chi connectivity index (χ4n) is 2.92. The topological polar surface area (TPSA) is 83.2 Å². The summed E-state index contributed by atoms with van der Waals surface area (Å²) in [6.45, 7) is 1.85. The molecule has 0 bridgehead atoms. The molecule has 0 N–H and O–H groups in total. The first-order valence-corrected chi connectivity index (χ1v) is 10.4. The molecular weight excluding hydrogens is 410 g/mol. The van der Waals surface area contributed by atoms with Crippen LogP contribution in [0.5, 0.6) is 0 Å². The molecule has 0 spiro atoms. The van der Waals surface area contributed by atoms with E-state index in [-0.39, 0.29) is 21.7 Å². The maximum atomic E-state index is 13.4. The molecular formula is C21H18ClN3O3S. The number of allylic oxidation sites excluding steroid dienone is 1. The van der Waals surface area contributed by atoms with Crippen LogP contribution in [0.2, 0.25) is 5.02 Å². The Bertz CT molecular complexity index is 1280. The quantitative estimate of drug-likeness (QED) is 0.349. The molecule has 0 atom stereocenters. The van der Waals surface area contributed by atoms with Crippen LogP contribution >= 0.6 is 11.6 Å². The highest BCUT2D eigenvalue weighted by molar-refractivity contribution is 7.90. The van der Waals surface area contributed by atoms with E-state index in [9.17, 15) is 18.5 Å². The number of nitriles is 1. The molecule has 1 aromatic heterocycles. The van der Waals surface area contributed by atoms with Crippen molar-refractivity contribution in [3.63, 3.8) is 0 Å². The number of aryl methyl sites for hydroxylation is 1. The summed E-state index contributed by atoms with van der Waals surface area (Å²) in [7, 11) is -0.775. The van der Waals surface area contributed by atoms with Crippen molar-refractivity contribution in [2.75, 3.05) is 14.1 Å². The molecule has 0 aliphatic rings. The number of ketones is 1. The summed E-state index contributed by atoms with van der Waals surface area (Å²) in [5.41, 5.74) is 0.867. The Labute approximate surface area is 174 Å². The minimum absolute atomic E-state index is 0.0322. The minimum Gasteiger partial charge on any atom is -0.382 e. The highest BCUT2D eigenvalue weighted by Crippen LogP contribution is 2.29. The van der Waals surface area contributed by atoms with Gasteiger partial charge in [0, 0.05) is 30.7 Å². The maximum Gasteiger partial charge on any atom is 0.268 e. The summed E-state index contributed by atoms with van der Waals surface area (Å²) in [6.07, 6.45) is 1.36. The van der Waals surface area contributed by atoms with Gasteiger partial charge in [0.1, 0.15) is 17.3 Å². The maximum absolute atomic E-state index is 13.4. The summed E-state index contributed by atoms with van der Waals surface area (Å²) in [4.78, 5) is 14.7. The van der Waals surface area contributed by atoms with Gasteiger partial charge in [-0.15, -0.1) is 0 Å². The predicted octanol–water partition coefficient (Wildman–Crippen LogP) is 3.99. The van der Waals surface area contributed by atoms with Gasteiger partial charge in [-0.3, -0.25) is 4.79 Å². The molecule has 148 valence electrons. The van der Waals surface area contributed by atoms with Crippen molar-refractivity contribution >= 4 is 38.3 Å². The fourth-order valence-corrected chi connectivity index (χ4v) is 4.59. The second kappa shape index (κ2) is 7.74. The molecule has 1 heterocycles. The van der Waals surface area contributed by atoms with Crippen molar-refractivity contribution in [1.29, 1.82) is 5.26 Å². The van der Waals surface area contributed by atoms with Gasteiger partial charge in [-0.2, -0.15) is 5.26 Å². The van der Waals surface area contributed by atoms with E-state index in [2.05, 4.69) is 0 Å². The van der Waals surface area contributed by atoms with Gasteiger partial charge >= 0.3 is 0 Å². The van der Waals surface area contributed by atoms with Crippen molar-refractivity contribution < 1.29 is 13.2 Å². The first kappa shape index (κ1) is 20.6. The molecule has 0 amide bonds. The molecule has 3 rings (SSSR count). The Kier molecular flexibility index (Phi) is 5.51. The van der Waals surface area contributed by atoms with E-state index < -0.39 is 15.8 Å². The first-order chi connectivity index (χ1) is 13.6. The SMILES string of the molecule is Cc1ccc(S(=O)(=O)n2c(C(=O)C(C#N)=CN(C)C)cc3ccc(Cl)cc32)cc1. The lowest BCUT2D eigenvalue weighted by Gasteiger charge is -2.12. The van der Waals surface area contributed by atoms with Crippen molar-refractivity contribution in [3.05, 3.63) is 76.6 Å². The second-order valence-electron chi connectivity index (χ2n) is 6.76. The summed E-state index contributed by atoms with van der Waals surface area (Å²) >= 11 is 6.09. The lowest BCUT2D eigenvalue weighted by molar-refractivity contribution is 0.103. The van der Waals surface area contributed by atoms with Gasteiger partial charge in [0.05, 0.1) is 10.4 Å². The molecule has 29 heavy (non-hydrogen) atoms. The van der Waals surface area contributed by atoms with Gasteiger partial charge in [0.25, 0.3) is 10.0 Å². The number of hydrogen-bond donors (Lipinski definition) is 0.